The van der Waals surface area contributed by atoms with Crippen LogP contribution in [-0.2, 0) is 23.9 Å². The predicted octanol–water partition coefficient (Wildman–Crippen LogP) is -1.57. The molecule has 1 aliphatic rings. The van der Waals surface area contributed by atoms with Gasteiger partial charge in [0.25, 0.3) is 0 Å². The van der Waals surface area contributed by atoms with Crippen molar-refractivity contribution in [2.45, 2.75) is 12.5 Å². The normalized spacial score (nSPS) is 16.6. The number of methoxy groups -OCH3 is 2. The van der Waals surface area contributed by atoms with Crippen LogP contribution >= 0.6 is 0 Å². The Labute approximate surface area is 98.8 Å². The van der Waals surface area contributed by atoms with E-state index in [1.54, 1.807) is 0 Å². The Hall–Kier alpha value is -1.63. The van der Waals surface area contributed by atoms with Crippen molar-refractivity contribution in [1.29, 1.82) is 0 Å². The third-order valence-electron chi connectivity index (χ3n) is 2.55. The fraction of sp³-hybridized carbons (Fsp3) is 0.700. The predicted molar refractivity (Wildman–Crippen MR) is 56.9 cm³/mol. The van der Waals surface area contributed by atoms with E-state index in [2.05, 4.69) is 20.1 Å². The van der Waals surface area contributed by atoms with Gasteiger partial charge in [-0.15, -0.1) is 0 Å². The molecule has 0 radical (unpaired) electrons. The van der Waals surface area contributed by atoms with E-state index in [0.717, 1.165) is 0 Å². The van der Waals surface area contributed by atoms with E-state index in [9.17, 15) is 14.4 Å². The Morgan fingerprint density at radius 3 is 2.35 bits per heavy atom. The third-order valence-corrected chi connectivity index (χ3v) is 2.55. The maximum Gasteiger partial charge on any atom is 0.328 e. The molecular formula is C10H16N2O5. The maximum absolute atomic E-state index is 11.6. The molecule has 0 aromatic heterocycles. The van der Waals surface area contributed by atoms with Crippen LogP contribution in [0.15, 0.2) is 0 Å². The van der Waals surface area contributed by atoms with Crippen molar-refractivity contribution in [3.63, 3.8) is 0 Å². The largest absolute Gasteiger partial charge is 0.469 e. The van der Waals surface area contributed by atoms with Gasteiger partial charge in [-0.25, -0.2) is 4.79 Å². The molecular weight excluding hydrogens is 228 g/mol. The highest BCUT2D eigenvalue weighted by molar-refractivity contribution is 5.89. The Balaban J connectivity index is 2.52. The SMILES string of the molecule is COC(=O)CC(NC(=O)C1CNC1)C(=O)OC. The zero-order valence-corrected chi connectivity index (χ0v) is 9.82. The molecule has 1 unspecified atom stereocenters. The van der Waals surface area contributed by atoms with Crippen LogP contribution in [0.2, 0.25) is 0 Å². The molecule has 96 valence electrons. The lowest BCUT2D eigenvalue weighted by molar-refractivity contribution is -0.151. The van der Waals surface area contributed by atoms with Crippen LogP contribution in [0.25, 0.3) is 0 Å². The van der Waals surface area contributed by atoms with Crippen LogP contribution in [0.5, 0.6) is 0 Å². The minimum Gasteiger partial charge on any atom is -0.469 e. The van der Waals surface area contributed by atoms with Crippen molar-refractivity contribution >= 4 is 17.8 Å². The fourth-order valence-electron chi connectivity index (χ4n) is 1.35. The number of amides is 1. The molecule has 0 aliphatic carbocycles. The van der Waals surface area contributed by atoms with Gasteiger partial charge in [0.05, 0.1) is 26.6 Å². The van der Waals surface area contributed by atoms with E-state index >= 15 is 0 Å². The Morgan fingerprint density at radius 2 is 1.94 bits per heavy atom. The van der Waals surface area contributed by atoms with Crippen LogP contribution in [0.4, 0.5) is 0 Å². The first-order valence-electron chi connectivity index (χ1n) is 5.24. The topological polar surface area (TPSA) is 93.7 Å². The highest BCUT2D eigenvalue weighted by Gasteiger charge is 2.30. The summed E-state index contributed by atoms with van der Waals surface area (Å²) in [7, 11) is 2.41. The molecule has 1 atom stereocenters. The fourth-order valence-corrected chi connectivity index (χ4v) is 1.35. The second-order valence-corrected chi connectivity index (χ2v) is 3.72. The van der Waals surface area contributed by atoms with Gasteiger partial charge in [-0.3, -0.25) is 9.59 Å². The second-order valence-electron chi connectivity index (χ2n) is 3.72. The molecule has 1 rings (SSSR count). The summed E-state index contributed by atoms with van der Waals surface area (Å²) in [5.74, 6) is -1.65. The van der Waals surface area contributed by atoms with Gasteiger partial charge in [0.15, 0.2) is 0 Å². The summed E-state index contributed by atoms with van der Waals surface area (Å²) in [5, 5.41) is 5.42. The molecule has 1 fully saturated rings. The highest BCUT2D eigenvalue weighted by Crippen LogP contribution is 2.05. The van der Waals surface area contributed by atoms with Crippen LogP contribution in [0, 0.1) is 5.92 Å². The Morgan fingerprint density at radius 1 is 1.29 bits per heavy atom. The molecule has 0 bridgehead atoms. The number of ether oxygens (including phenoxy) is 2. The lowest BCUT2D eigenvalue weighted by Crippen LogP contribution is -2.54. The monoisotopic (exact) mass is 244 g/mol. The first-order chi connectivity index (χ1) is 8.08. The molecule has 7 nitrogen and oxygen atoms in total. The summed E-state index contributed by atoms with van der Waals surface area (Å²) in [6.07, 6.45) is -0.227. The number of rotatable bonds is 5. The average molecular weight is 244 g/mol. The van der Waals surface area contributed by atoms with Gasteiger partial charge in [-0.1, -0.05) is 0 Å². The van der Waals surface area contributed by atoms with E-state index in [1.807, 2.05) is 0 Å². The molecule has 7 heteroatoms. The lowest BCUT2D eigenvalue weighted by Gasteiger charge is -2.27. The van der Waals surface area contributed by atoms with Crippen LogP contribution < -0.4 is 10.6 Å². The Kier molecular flexibility index (Phi) is 4.89. The van der Waals surface area contributed by atoms with Crippen LogP contribution in [-0.4, -0.2) is 51.2 Å². The zero-order valence-electron chi connectivity index (χ0n) is 9.82. The van der Waals surface area contributed by atoms with Gasteiger partial charge in [0.2, 0.25) is 5.91 Å². The second kappa shape index (κ2) is 6.19. The summed E-state index contributed by atoms with van der Waals surface area (Å²) >= 11 is 0. The smallest absolute Gasteiger partial charge is 0.328 e. The van der Waals surface area contributed by atoms with Gasteiger partial charge in [-0.05, 0) is 0 Å². The maximum atomic E-state index is 11.6. The zero-order chi connectivity index (χ0) is 12.8. The van der Waals surface area contributed by atoms with Crippen molar-refractivity contribution < 1.29 is 23.9 Å². The molecule has 17 heavy (non-hydrogen) atoms. The van der Waals surface area contributed by atoms with Gasteiger partial charge in [0.1, 0.15) is 6.04 Å². The quantitative estimate of drug-likeness (QED) is 0.567. The highest BCUT2D eigenvalue weighted by atomic mass is 16.5. The van der Waals surface area contributed by atoms with E-state index in [1.165, 1.54) is 14.2 Å². The average Bonchev–Trinajstić information content (AvgIpc) is 2.24. The lowest BCUT2D eigenvalue weighted by atomic mass is 10.0. The summed E-state index contributed by atoms with van der Waals surface area (Å²) in [5.41, 5.74) is 0. The first kappa shape index (κ1) is 13.4. The molecule has 0 spiro atoms. The van der Waals surface area contributed by atoms with Crippen molar-refractivity contribution in [2.24, 2.45) is 5.92 Å². The van der Waals surface area contributed by atoms with Gasteiger partial charge < -0.3 is 20.1 Å². The van der Waals surface area contributed by atoms with Gasteiger partial charge >= 0.3 is 11.9 Å². The van der Waals surface area contributed by atoms with Crippen molar-refractivity contribution in [2.75, 3.05) is 27.3 Å². The number of nitrogens with one attached hydrogen (secondary N) is 2. The number of hydrogen-bond donors (Lipinski definition) is 2. The first-order valence-corrected chi connectivity index (χ1v) is 5.24. The number of esters is 2. The van der Waals surface area contributed by atoms with Crippen molar-refractivity contribution in [3.05, 3.63) is 0 Å². The van der Waals surface area contributed by atoms with Gasteiger partial charge in [0, 0.05) is 13.1 Å². The van der Waals surface area contributed by atoms with E-state index in [0.29, 0.717) is 13.1 Å². The van der Waals surface area contributed by atoms with Crippen LogP contribution in [0.3, 0.4) is 0 Å². The van der Waals surface area contributed by atoms with Crippen LogP contribution in [0.1, 0.15) is 6.42 Å². The summed E-state index contributed by atoms with van der Waals surface area (Å²) in [6, 6.07) is -0.986. The van der Waals surface area contributed by atoms with Gasteiger partial charge in [-0.2, -0.15) is 0 Å². The molecule has 0 saturated carbocycles. The molecule has 0 aromatic rings. The molecule has 1 aliphatic heterocycles. The number of hydrogen-bond acceptors (Lipinski definition) is 6. The standard InChI is InChI=1S/C10H16N2O5/c1-16-8(13)3-7(10(15)17-2)12-9(14)6-4-11-5-6/h6-7,11H,3-5H2,1-2H3,(H,12,14). The summed E-state index contributed by atoms with van der Waals surface area (Å²) < 4.78 is 8.96. The number of carbonyl (C=O) groups excluding carboxylic acids is 3. The summed E-state index contributed by atoms with van der Waals surface area (Å²) in [6.45, 7) is 1.16. The minimum atomic E-state index is -0.986. The molecule has 0 aromatic carbocycles. The molecule has 2 N–H and O–H groups in total. The minimum absolute atomic E-state index is 0.153. The van der Waals surface area contributed by atoms with Crippen molar-refractivity contribution in [1.82, 2.24) is 10.6 Å². The summed E-state index contributed by atoms with van der Waals surface area (Å²) in [4.78, 5) is 34.1. The van der Waals surface area contributed by atoms with E-state index in [-0.39, 0.29) is 18.2 Å². The van der Waals surface area contributed by atoms with E-state index < -0.39 is 18.0 Å². The Bertz CT molecular complexity index is 314. The van der Waals surface area contributed by atoms with E-state index in [4.69, 9.17) is 0 Å². The molecule has 1 amide bonds. The molecule has 1 heterocycles. The molecule has 1 saturated heterocycles. The third kappa shape index (κ3) is 3.70. The van der Waals surface area contributed by atoms with Crippen molar-refractivity contribution in [3.8, 4) is 0 Å². The number of carbonyl (C=O) groups is 3.